The summed E-state index contributed by atoms with van der Waals surface area (Å²) in [5.74, 6) is -1.65. The minimum Gasteiger partial charge on any atom is -0.364 e. The van der Waals surface area contributed by atoms with Crippen LogP contribution in [-0.4, -0.2) is 78.2 Å². The number of carbonyl (C=O) groups excluding carboxylic acids is 4. The molecule has 0 saturated carbocycles. The first-order valence-electron chi connectivity index (χ1n) is 8.45. The second-order valence-electron chi connectivity index (χ2n) is 6.54. The molecule has 0 bridgehead atoms. The molecule has 12 nitrogen and oxygen atoms in total. The summed E-state index contributed by atoms with van der Waals surface area (Å²) in [7, 11) is -2.32. The van der Waals surface area contributed by atoms with Gasteiger partial charge in [0, 0.05) is 39.4 Å². The average molecular weight is 412 g/mol. The summed E-state index contributed by atoms with van der Waals surface area (Å²) in [4.78, 5) is 47.7. The SMILES string of the molecule is Cn1cc(S(=O)(=O)N2CCN(C(=O)CC3NC(=O)NC3=O)CC2)cc1C(N)=O. The number of primary amides is 1. The van der Waals surface area contributed by atoms with Gasteiger partial charge in [-0.3, -0.25) is 19.7 Å². The molecular formula is C15H20N6O6S. The van der Waals surface area contributed by atoms with Crippen molar-refractivity contribution >= 4 is 33.8 Å². The van der Waals surface area contributed by atoms with E-state index in [0.29, 0.717) is 0 Å². The van der Waals surface area contributed by atoms with Gasteiger partial charge < -0.3 is 20.5 Å². The van der Waals surface area contributed by atoms with Crippen molar-refractivity contribution in [1.29, 1.82) is 0 Å². The molecule has 3 rings (SSSR count). The number of sulfonamides is 1. The van der Waals surface area contributed by atoms with Crippen molar-refractivity contribution in [3.63, 3.8) is 0 Å². The maximum Gasteiger partial charge on any atom is 0.322 e. The van der Waals surface area contributed by atoms with Crippen LogP contribution in [-0.2, 0) is 26.7 Å². The van der Waals surface area contributed by atoms with Crippen molar-refractivity contribution in [2.75, 3.05) is 26.2 Å². The molecule has 4 N–H and O–H groups in total. The molecular weight excluding hydrogens is 392 g/mol. The van der Waals surface area contributed by atoms with E-state index in [0.717, 1.165) is 0 Å². The number of urea groups is 1. The van der Waals surface area contributed by atoms with Gasteiger partial charge in [0.05, 0.1) is 6.42 Å². The second-order valence-corrected chi connectivity index (χ2v) is 8.48. The highest BCUT2D eigenvalue weighted by molar-refractivity contribution is 7.89. The van der Waals surface area contributed by atoms with Crippen LogP contribution in [0.5, 0.6) is 0 Å². The Hall–Kier alpha value is -2.93. The van der Waals surface area contributed by atoms with Crippen LogP contribution in [0.2, 0.25) is 0 Å². The summed E-state index contributed by atoms with van der Waals surface area (Å²) in [5.41, 5.74) is 5.29. The molecule has 0 radical (unpaired) electrons. The third-order valence-electron chi connectivity index (χ3n) is 4.70. The van der Waals surface area contributed by atoms with Gasteiger partial charge in [-0.2, -0.15) is 4.31 Å². The molecule has 1 atom stereocenters. The van der Waals surface area contributed by atoms with E-state index in [2.05, 4.69) is 10.6 Å². The Morgan fingerprint density at radius 2 is 1.86 bits per heavy atom. The number of aromatic nitrogens is 1. The fraction of sp³-hybridized carbons (Fsp3) is 0.467. The number of nitrogens with two attached hydrogens (primary N) is 1. The van der Waals surface area contributed by atoms with Crippen LogP contribution in [0.25, 0.3) is 0 Å². The molecule has 0 aliphatic carbocycles. The van der Waals surface area contributed by atoms with Crippen molar-refractivity contribution in [3.8, 4) is 0 Å². The molecule has 1 aromatic heterocycles. The number of amides is 5. The molecule has 1 aromatic rings. The van der Waals surface area contributed by atoms with Gasteiger partial charge in [0.15, 0.2) is 0 Å². The lowest BCUT2D eigenvalue weighted by Crippen LogP contribution is -2.51. The molecule has 2 aliphatic heterocycles. The molecule has 1 unspecified atom stereocenters. The van der Waals surface area contributed by atoms with Gasteiger partial charge in [-0.15, -0.1) is 0 Å². The predicted molar refractivity (Wildman–Crippen MR) is 94.3 cm³/mol. The molecule has 5 amide bonds. The highest BCUT2D eigenvalue weighted by atomic mass is 32.2. The lowest BCUT2D eigenvalue weighted by atomic mass is 10.2. The van der Waals surface area contributed by atoms with E-state index in [-0.39, 0.29) is 49.1 Å². The number of nitrogens with one attached hydrogen (secondary N) is 2. The number of hydrogen-bond donors (Lipinski definition) is 3. The summed E-state index contributed by atoms with van der Waals surface area (Å²) < 4.78 is 28.1. The molecule has 13 heteroatoms. The van der Waals surface area contributed by atoms with E-state index in [1.165, 1.54) is 33.1 Å². The van der Waals surface area contributed by atoms with Crippen molar-refractivity contribution < 1.29 is 27.6 Å². The van der Waals surface area contributed by atoms with Gasteiger partial charge in [0.25, 0.3) is 11.8 Å². The van der Waals surface area contributed by atoms with Crippen LogP contribution in [0.15, 0.2) is 17.2 Å². The summed E-state index contributed by atoms with van der Waals surface area (Å²) in [6.07, 6.45) is 1.12. The maximum absolute atomic E-state index is 12.8. The van der Waals surface area contributed by atoms with Crippen LogP contribution in [0.4, 0.5) is 4.79 Å². The molecule has 152 valence electrons. The van der Waals surface area contributed by atoms with Crippen molar-refractivity contribution in [1.82, 2.24) is 24.4 Å². The Kier molecular flexibility index (Phi) is 5.12. The number of piperazine rings is 1. The fourth-order valence-corrected chi connectivity index (χ4v) is 4.65. The van der Waals surface area contributed by atoms with Crippen molar-refractivity contribution in [2.45, 2.75) is 17.4 Å². The van der Waals surface area contributed by atoms with Gasteiger partial charge >= 0.3 is 6.03 Å². The highest BCUT2D eigenvalue weighted by Gasteiger charge is 2.35. The normalized spacial score (nSPS) is 20.8. The van der Waals surface area contributed by atoms with Gasteiger partial charge in [0.2, 0.25) is 15.9 Å². The Morgan fingerprint density at radius 3 is 2.36 bits per heavy atom. The molecule has 28 heavy (non-hydrogen) atoms. The number of rotatable bonds is 5. The lowest BCUT2D eigenvalue weighted by molar-refractivity contribution is -0.134. The predicted octanol–water partition coefficient (Wildman–Crippen LogP) is -2.44. The van der Waals surface area contributed by atoms with E-state index < -0.39 is 33.9 Å². The summed E-state index contributed by atoms with van der Waals surface area (Å²) in [5, 5.41) is 4.40. The van der Waals surface area contributed by atoms with Crippen LogP contribution >= 0.6 is 0 Å². The first-order chi connectivity index (χ1) is 13.1. The van der Waals surface area contributed by atoms with E-state index in [1.807, 2.05) is 0 Å². The monoisotopic (exact) mass is 412 g/mol. The molecule has 0 spiro atoms. The molecule has 0 aromatic carbocycles. The number of nitrogens with zero attached hydrogens (tertiary/aromatic N) is 3. The molecule has 2 fully saturated rings. The van der Waals surface area contributed by atoms with Gasteiger partial charge in [-0.1, -0.05) is 0 Å². The summed E-state index contributed by atoms with van der Waals surface area (Å²) >= 11 is 0. The summed E-state index contributed by atoms with van der Waals surface area (Å²) in [6, 6.07) is -0.341. The van der Waals surface area contributed by atoms with Crippen LogP contribution < -0.4 is 16.4 Å². The van der Waals surface area contributed by atoms with Crippen LogP contribution in [0.1, 0.15) is 16.9 Å². The molecule has 2 aliphatic rings. The Balaban J connectivity index is 1.62. The number of imide groups is 1. The third-order valence-corrected chi connectivity index (χ3v) is 6.56. The quantitative estimate of drug-likeness (QED) is 0.455. The fourth-order valence-electron chi connectivity index (χ4n) is 3.15. The first kappa shape index (κ1) is 19.8. The minimum atomic E-state index is -3.84. The van der Waals surface area contributed by atoms with E-state index in [4.69, 9.17) is 5.73 Å². The van der Waals surface area contributed by atoms with Gasteiger partial charge in [-0.25, -0.2) is 13.2 Å². The standard InChI is InChI=1S/C15H20N6O6S/c1-19-8-9(6-11(19)13(16)23)28(26,27)21-4-2-20(3-5-21)12(22)7-10-14(24)18-15(25)17-10/h6,8,10H,2-5,7H2,1H3,(H2,16,23)(H2,17,18,24,25). The van der Waals surface area contributed by atoms with E-state index in [1.54, 1.807) is 0 Å². The van der Waals surface area contributed by atoms with E-state index >= 15 is 0 Å². The van der Waals surface area contributed by atoms with Crippen LogP contribution in [0.3, 0.4) is 0 Å². The second kappa shape index (κ2) is 7.24. The van der Waals surface area contributed by atoms with Crippen molar-refractivity contribution in [2.24, 2.45) is 12.8 Å². The highest BCUT2D eigenvalue weighted by Crippen LogP contribution is 2.20. The summed E-state index contributed by atoms with van der Waals surface area (Å²) in [6.45, 7) is 0.432. The van der Waals surface area contributed by atoms with E-state index in [9.17, 15) is 27.6 Å². The Bertz CT molecular complexity index is 946. The first-order valence-corrected chi connectivity index (χ1v) is 9.89. The van der Waals surface area contributed by atoms with Gasteiger partial charge in [0.1, 0.15) is 16.6 Å². The van der Waals surface area contributed by atoms with Crippen LogP contribution in [0, 0.1) is 0 Å². The zero-order valence-electron chi connectivity index (χ0n) is 15.0. The zero-order chi connectivity index (χ0) is 20.6. The Labute approximate surface area is 160 Å². The lowest BCUT2D eigenvalue weighted by Gasteiger charge is -2.34. The average Bonchev–Trinajstić information content (AvgIpc) is 3.17. The Morgan fingerprint density at radius 1 is 1.21 bits per heavy atom. The number of carbonyl (C=O) groups is 4. The van der Waals surface area contributed by atoms with Gasteiger partial charge in [-0.05, 0) is 6.07 Å². The maximum atomic E-state index is 12.8. The zero-order valence-corrected chi connectivity index (χ0v) is 15.9. The largest absolute Gasteiger partial charge is 0.364 e. The third kappa shape index (κ3) is 3.71. The topological polar surface area (TPSA) is 164 Å². The molecule has 2 saturated heterocycles. The minimum absolute atomic E-state index is 0.0473. The number of aryl methyl sites for hydroxylation is 1. The van der Waals surface area contributed by atoms with Crippen molar-refractivity contribution in [3.05, 3.63) is 18.0 Å². The molecule has 3 heterocycles. The smallest absolute Gasteiger partial charge is 0.322 e. The number of hydrogen-bond acceptors (Lipinski definition) is 6.